The van der Waals surface area contributed by atoms with Crippen LogP contribution in [0, 0.1) is 5.92 Å². The van der Waals surface area contributed by atoms with Gasteiger partial charge in [0.15, 0.2) is 9.84 Å². The summed E-state index contributed by atoms with van der Waals surface area (Å²) in [4.78, 5) is 6.72. The molecule has 0 saturated carbocycles. The average molecular weight is 298 g/mol. The summed E-state index contributed by atoms with van der Waals surface area (Å²) in [5, 5.41) is 0. The third-order valence-electron chi connectivity index (χ3n) is 3.52. The highest BCUT2D eigenvalue weighted by Gasteiger charge is 2.22. The summed E-state index contributed by atoms with van der Waals surface area (Å²) in [5.74, 6) is 1.26. The first kappa shape index (κ1) is 15.3. The minimum atomic E-state index is -3.19. The Kier molecular flexibility index (Phi) is 4.65. The molecule has 0 radical (unpaired) electrons. The van der Waals surface area contributed by atoms with Crippen molar-refractivity contribution >= 4 is 15.7 Å². The largest absolute Gasteiger partial charge is 0.376 e. The maximum absolute atomic E-state index is 11.4. The van der Waals surface area contributed by atoms with Crippen LogP contribution in [0.25, 0.3) is 0 Å². The van der Waals surface area contributed by atoms with E-state index in [1.54, 1.807) is 12.1 Å². The molecule has 1 aliphatic heterocycles. The molecule has 0 aliphatic carbocycles. The highest BCUT2D eigenvalue weighted by Crippen LogP contribution is 2.20. The van der Waals surface area contributed by atoms with Crippen molar-refractivity contribution in [1.82, 2.24) is 4.98 Å². The van der Waals surface area contributed by atoms with E-state index >= 15 is 0 Å². The lowest BCUT2D eigenvalue weighted by molar-refractivity contribution is 0.0375. The number of pyridine rings is 1. The predicted octanol–water partition coefficient (Wildman–Crippen LogP) is 1.74. The van der Waals surface area contributed by atoms with Gasteiger partial charge in [0, 0.05) is 32.1 Å². The molecule has 1 aromatic heterocycles. The van der Waals surface area contributed by atoms with Crippen molar-refractivity contribution in [3.05, 3.63) is 18.3 Å². The Balaban J connectivity index is 2.17. The number of hydrogen-bond donors (Lipinski definition) is 0. The van der Waals surface area contributed by atoms with E-state index in [9.17, 15) is 8.42 Å². The molecular formula is C14H22N2O3S. The van der Waals surface area contributed by atoms with E-state index in [4.69, 9.17) is 4.74 Å². The lowest BCUT2D eigenvalue weighted by Crippen LogP contribution is -2.35. The molecule has 2 rings (SSSR count). The van der Waals surface area contributed by atoms with E-state index < -0.39 is 9.84 Å². The number of anilines is 1. The normalized spacial score (nSPS) is 21.0. The van der Waals surface area contributed by atoms with Crippen LogP contribution in [0.4, 0.5) is 5.82 Å². The van der Waals surface area contributed by atoms with E-state index in [-0.39, 0.29) is 11.0 Å². The molecule has 0 spiro atoms. The van der Waals surface area contributed by atoms with E-state index in [1.807, 2.05) is 0 Å². The summed E-state index contributed by atoms with van der Waals surface area (Å²) in [6.45, 7) is 6.74. The summed E-state index contributed by atoms with van der Waals surface area (Å²) in [6.07, 6.45) is 3.77. The molecule has 1 atom stereocenters. The molecule has 2 heterocycles. The molecule has 20 heavy (non-hydrogen) atoms. The predicted molar refractivity (Wildman–Crippen MR) is 78.8 cm³/mol. The van der Waals surface area contributed by atoms with Crippen LogP contribution >= 0.6 is 0 Å². The van der Waals surface area contributed by atoms with Crippen molar-refractivity contribution < 1.29 is 13.2 Å². The minimum absolute atomic E-state index is 0.189. The Hall–Kier alpha value is -1.14. The molecule has 0 amide bonds. The van der Waals surface area contributed by atoms with Crippen molar-refractivity contribution in [3.8, 4) is 0 Å². The summed E-state index contributed by atoms with van der Waals surface area (Å²) < 4.78 is 28.7. The van der Waals surface area contributed by atoms with Crippen LogP contribution < -0.4 is 4.90 Å². The monoisotopic (exact) mass is 298 g/mol. The van der Waals surface area contributed by atoms with Gasteiger partial charge < -0.3 is 9.64 Å². The van der Waals surface area contributed by atoms with Crippen LogP contribution in [0.1, 0.15) is 20.3 Å². The van der Waals surface area contributed by atoms with Gasteiger partial charge in [0.25, 0.3) is 0 Å². The number of aromatic nitrogens is 1. The van der Waals surface area contributed by atoms with Crippen molar-refractivity contribution in [1.29, 1.82) is 0 Å². The summed E-state index contributed by atoms with van der Waals surface area (Å²) in [6, 6.07) is 3.40. The summed E-state index contributed by atoms with van der Waals surface area (Å²) in [7, 11) is -3.19. The zero-order valence-corrected chi connectivity index (χ0v) is 13.1. The van der Waals surface area contributed by atoms with Crippen LogP contribution in [0.5, 0.6) is 0 Å². The van der Waals surface area contributed by atoms with Crippen LogP contribution in [0.15, 0.2) is 23.2 Å². The van der Waals surface area contributed by atoms with Crippen LogP contribution in [0.3, 0.4) is 0 Å². The van der Waals surface area contributed by atoms with Gasteiger partial charge in [0.05, 0.1) is 11.0 Å². The molecule has 6 heteroatoms. The number of ether oxygens (including phenoxy) is 1. The first-order valence-corrected chi connectivity index (χ1v) is 8.80. The Morgan fingerprint density at radius 1 is 1.40 bits per heavy atom. The van der Waals surface area contributed by atoms with Gasteiger partial charge in [-0.3, -0.25) is 0 Å². The maximum Gasteiger partial charge on any atom is 0.177 e. The molecule has 0 bridgehead atoms. The second-order valence-corrected chi connectivity index (χ2v) is 7.59. The molecule has 0 aromatic carbocycles. The summed E-state index contributed by atoms with van der Waals surface area (Å²) in [5.41, 5.74) is 0. The van der Waals surface area contributed by atoms with E-state index in [0.717, 1.165) is 31.9 Å². The van der Waals surface area contributed by atoms with E-state index in [2.05, 4.69) is 23.7 Å². The van der Waals surface area contributed by atoms with Crippen LogP contribution in [-0.4, -0.2) is 45.5 Å². The van der Waals surface area contributed by atoms with Crippen LogP contribution in [-0.2, 0) is 14.6 Å². The third kappa shape index (κ3) is 3.70. The first-order chi connectivity index (χ1) is 9.38. The Morgan fingerprint density at radius 3 is 2.70 bits per heavy atom. The summed E-state index contributed by atoms with van der Waals surface area (Å²) >= 11 is 0. The maximum atomic E-state index is 11.4. The zero-order valence-electron chi connectivity index (χ0n) is 12.2. The Labute approximate surface area is 120 Å². The van der Waals surface area contributed by atoms with Gasteiger partial charge in [-0.15, -0.1) is 0 Å². The third-order valence-corrected chi connectivity index (χ3v) is 4.62. The second-order valence-electron chi connectivity index (χ2n) is 5.58. The average Bonchev–Trinajstić information content (AvgIpc) is 2.63. The SMILES string of the molecule is CC(C)C1CN(c2ccc(S(C)(=O)=O)cn2)CCCO1. The molecular weight excluding hydrogens is 276 g/mol. The number of hydrogen-bond acceptors (Lipinski definition) is 5. The molecule has 5 nitrogen and oxygen atoms in total. The van der Waals surface area contributed by atoms with E-state index in [1.165, 1.54) is 12.5 Å². The van der Waals surface area contributed by atoms with Gasteiger partial charge in [0.2, 0.25) is 0 Å². The van der Waals surface area contributed by atoms with Crippen molar-refractivity contribution in [2.45, 2.75) is 31.3 Å². The molecule has 1 aliphatic rings. The number of sulfone groups is 1. The highest BCUT2D eigenvalue weighted by atomic mass is 32.2. The van der Waals surface area contributed by atoms with Crippen LogP contribution in [0.2, 0.25) is 0 Å². The quantitative estimate of drug-likeness (QED) is 0.850. The standard InChI is InChI=1S/C14H22N2O3S/c1-11(2)13-10-16(7-4-8-19-13)14-6-5-12(9-15-14)20(3,17)18/h5-6,9,11,13H,4,7-8,10H2,1-3H3. The molecule has 0 N–H and O–H groups in total. The molecule has 112 valence electrons. The number of rotatable bonds is 3. The Bertz CT molecular complexity index is 540. The highest BCUT2D eigenvalue weighted by molar-refractivity contribution is 7.90. The smallest absolute Gasteiger partial charge is 0.177 e. The fourth-order valence-corrected chi connectivity index (χ4v) is 2.80. The van der Waals surface area contributed by atoms with Gasteiger partial charge in [-0.05, 0) is 24.5 Å². The Morgan fingerprint density at radius 2 is 2.15 bits per heavy atom. The fourth-order valence-electron chi connectivity index (χ4n) is 2.24. The molecule has 1 aromatic rings. The van der Waals surface area contributed by atoms with Gasteiger partial charge in [0.1, 0.15) is 5.82 Å². The molecule has 1 saturated heterocycles. The van der Waals surface area contributed by atoms with Crippen molar-refractivity contribution in [2.75, 3.05) is 30.9 Å². The lowest BCUT2D eigenvalue weighted by atomic mass is 10.1. The fraction of sp³-hybridized carbons (Fsp3) is 0.643. The van der Waals surface area contributed by atoms with E-state index in [0.29, 0.717) is 5.92 Å². The van der Waals surface area contributed by atoms with Gasteiger partial charge in [-0.2, -0.15) is 0 Å². The number of nitrogens with zero attached hydrogens (tertiary/aromatic N) is 2. The van der Waals surface area contributed by atoms with Gasteiger partial charge in [-0.25, -0.2) is 13.4 Å². The van der Waals surface area contributed by atoms with Crippen molar-refractivity contribution in [2.24, 2.45) is 5.92 Å². The van der Waals surface area contributed by atoms with Gasteiger partial charge in [-0.1, -0.05) is 13.8 Å². The second kappa shape index (κ2) is 6.10. The topological polar surface area (TPSA) is 59.5 Å². The molecule has 1 unspecified atom stereocenters. The lowest BCUT2D eigenvalue weighted by Gasteiger charge is -2.26. The minimum Gasteiger partial charge on any atom is -0.376 e. The first-order valence-electron chi connectivity index (χ1n) is 6.90. The van der Waals surface area contributed by atoms with Gasteiger partial charge >= 0.3 is 0 Å². The molecule has 1 fully saturated rings. The zero-order chi connectivity index (χ0) is 14.8. The van der Waals surface area contributed by atoms with Crippen molar-refractivity contribution in [3.63, 3.8) is 0 Å².